The minimum Gasteiger partial charge on any atom is -0.394 e. The van der Waals surface area contributed by atoms with Gasteiger partial charge in [-0.15, -0.1) is 0 Å². The van der Waals surface area contributed by atoms with Crippen LogP contribution in [-0.4, -0.2) is 48.5 Å². The molecule has 156 valence electrons. The third-order valence-electron chi connectivity index (χ3n) is 5.12. The van der Waals surface area contributed by atoms with Crippen molar-refractivity contribution in [1.29, 1.82) is 0 Å². The largest absolute Gasteiger partial charge is 0.394 e. The molecule has 0 saturated carbocycles. The highest BCUT2D eigenvalue weighted by atomic mass is 16.5. The molecule has 3 atom stereocenters. The monoisotopic (exact) mass is 410 g/mol. The van der Waals surface area contributed by atoms with Crippen LogP contribution in [0.3, 0.4) is 0 Å². The summed E-state index contributed by atoms with van der Waals surface area (Å²) in [5.74, 6) is 0. The second-order valence-electron chi connectivity index (χ2n) is 7.16. The zero-order valence-electron chi connectivity index (χ0n) is 16.1. The van der Waals surface area contributed by atoms with Crippen LogP contribution >= 0.6 is 0 Å². The van der Waals surface area contributed by atoms with Gasteiger partial charge in [-0.3, -0.25) is 24.3 Å². The van der Waals surface area contributed by atoms with Gasteiger partial charge in [-0.1, -0.05) is 12.1 Å². The minimum absolute atomic E-state index is 0.157. The molecule has 1 saturated heterocycles. The first kappa shape index (κ1) is 20.1. The number of nitrogens with one attached hydrogen (secondary N) is 1. The highest BCUT2D eigenvalue weighted by molar-refractivity contribution is 5.53. The van der Waals surface area contributed by atoms with Gasteiger partial charge in [0.2, 0.25) is 0 Å². The van der Waals surface area contributed by atoms with Gasteiger partial charge in [0.05, 0.1) is 24.1 Å². The summed E-state index contributed by atoms with van der Waals surface area (Å²) >= 11 is 0. The maximum absolute atomic E-state index is 12.3. The Labute approximate surface area is 171 Å². The number of aromatic nitrogens is 4. The normalized spacial score (nSPS) is 21.1. The lowest BCUT2D eigenvalue weighted by Crippen LogP contribution is -2.34. The Morgan fingerprint density at radius 2 is 1.97 bits per heavy atom. The first-order valence-electron chi connectivity index (χ1n) is 9.71. The third kappa shape index (κ3) is 4.23. The molecule has 0 bridgehead atoms. The van der Waals surface area contributed by atoms with E-state index in [1.54, 1.807) is 6.20 Å². The fourth-order valence-electron chi connectivity index (χ4n) is 3.51. The Hall–Kier alpha value is -3.14. The quantitative estimate of drug-likeness (QED) is 0.537. The van der Waals surface area contributed by atoms with Gasteiger partial charge in [-0.25, -0.2) is 4.79 Å². The number of nitrogens with zero attached hydrogens (tertiary/aromatic N) is 3. The summed E-state index contributed by atoms with van der Waals surface area (Å²) in [7, 11) is 0. The van der Waals surface area contributed by atoms with Gasteiger partial charge in [0.25, 0.3) is 5.56 Å². The molecule has 9 heteroatoms. The average Bonchev–Trinajstić information content (AvgIpc) is 3.14. The van der Waals surface area contributed by atoms with Crippen LogP contribution in [0, 0.1) is 0 Å². The van der Waals surface area contributed by atoms with E-state index in [1.165, 1.54) is 10.8 Å². The van der Waals surface area contributed by atoms with E-state index in [0.29, 0.717) is 18.4 Å². The summed E-state index contributed by atoms with van der Waals surface area (Å²) in [4.78, 5) is 35.7. The SMILES string of the molecule is O=c1[nH]c(=O)n([C@H]2C[C@@H](O)[C@@H](CO)O2)cc1CCc1cccc(-c2ccccn2)n1. The van der Waals surface area contributed by atoms with Crippen LogP contribution in [0.5, 0.6) is 0 Å². The average molecular weight is 410 g/mol. The van der Waals surface area contributed by atoms with E-state index in [1.807, 2.05) is 36.4 Å². The third-order valence-corrected chi connectivity index (χ3v) is 5.12. The van der Waals surface area contributed by atoms with Crippen LogP contribution in [-0.2, 0) is 17.6 Å². The Morgan fingerprint density at radius 3 is 2.70 bits per heavy atom. The van der Waals surface area contributed by atoms with Crippen molar-refractivity contribution in [2.45, 2.75) is 37.7 Å². The molecule has 30 heavy (non-hydrogen) atoms. The molecule has 0 amide bonds. The highest BCUT2D eigenvalue weighted by Gasteiger charge is 2.35. The standard InChI is InChI=1S/C21H22N4O5/c26-12-18-17(27)10-19(30-18)25-11-13(20(28)24-21(25)29)7-8-14-4-3-6-16(23-14)15-5-1-2-9-22-15/h1-6,9,11,17-19,26-27H,7-8,10,12H2,(H,24,28,29)/t17-,18-,19-/m1/s1. The van der Waals surface area contributed by atoms with Crippen molar-refractivity contribution in [2.75, 3.05) is 6.61 Å². The van der Waals surface area contributed by atoms with Gasteiger partial charge in [-0.2, -0.15) is 0 Å². The topological polar surface area (TPSA) is 130 Å². The molecule has 0 aromatic carbocycles. The molecule has 0 spiro atoms. The Morgan fingerprint density at radius 1 is 1.13 bits per heavy atom. The van der Waals surface area contributed by atoms with E-state index >= 15 is 0 Å². The van der Waals surface area contributed by atoms with E-state index in [9.17, 15) is 19.8 Å². The number of rotatable bonds is 6. The highest BCUT2D eigenvalue weighted by Crippen LogP contribution is 2.27. The first-order valence-corrected chi connectivity index (χ1v) is 9.71. The summed E-state index contributed by atoms with van der Waals surface area (Å²) in [5.41, 5.74) is 1.63. The molecule has 0 radical (unpaired) electrons. The number of aliphatic hydroxyl groups is 2. The number of hydrogen-bond donors (Lipinski definition) is 3. The molecular formula is C21H22N4O5. The number of H-pyrrole nitrogens is 1. The summed E-state index contributed by atoms with van der Waals surface area (Å²) in [6.45, 7) is -0.346. The second-order valence-corrected chi connectivity index (χ2v) is 7.16. The van der Waals surface area contributed by atoms with Crippen LogP contribution < -0.4 is 11.2 Å². The van der Waals surface area contributed by atoms with Crippen molar-refractivity contribution in [3.63, 3.8) is 0 Å². The van der Waals surface area contributed by atoms with Crippen molar-refractivity contribution in [2.24, 2.45) is 0 Å². The number of aryl methyl sites for hydroxylation is 2. The number of pyridine rings is 2. The molecule has 4 heterocycles. The first-order chi connectivity index (χ1) is 14.5. The number of hydrogen-bond acceptors (Lipinski definition) is 7. The maximum atomic E-state index is 12.3. The molecular weight excluding hydrogens is 388 g/mol. The zero-order valence-corrected chi connectivity index (χ0v) is 16.1. The summed E-state index contributed by atoms with van der Waals surface area (Å²) < 4.78 is 6.79. The van der Waals surface area contributed by atoms with Gasteiger partial charge in [0.15, 0.2) is 0 Å². The molecule has 0 unspecified atom stereocenters. The van der Waals surface area contributed by atoms with Crippen molar-refractivity contribution in [3.8, 4) is 11.4 Å². The minimum atomic E-state index is -0.874. The lowest BCUT2D eigenvalue weighted by atomic mass is 10.1. The van der Waals surface area contributed by atoms with Crippen molar-refractivity contribution in [1.82, 2.24) is 19.5 Å². The van der Waals surface area contributed by atoms with Gasteiger partial charge in [0.1, 0.15) is 12.3 Å². The summed E-state index contributed by atoms with van der Waals surface area (Å²) in [6.07, 6.45) is 1.81. The molecule has 3 aromatic heterocycles. The van der Waals surface area contributed by atoms with Crippen LogP contribution in [0.25, 0.3) is 11.4 Å². The smallest absolute Gasteiger partial charge is 0.330 e. The van der Waals surface area contributed by atoms with Crippen LogP contribution in [0.15, 0.2) is 58.4 Å². The summed E-state index contributed by atoms with van der Waals surface area (Å²) in [5, 5.41) is 19.2. The van der Waals surface area contributed by atoms with Gasteiger partial charge in [-0.05, 0) is 37.1 Å². The molecule has 1 aliphatic heterocycles. The van der Waals surface area contributed by atoms with Gasteiger partial charge in [0, 0.05) is 30.1 Å². The van der Waals surface area contributed by atoms with E-state index in [4.69, 9.17) is 4.74 Å². The predicted octanol–water partition coefficient (Wildman–Crippen LogP) is 0.420. The second kappa shape index (κ2) is 8.70. The number of aromatic amines is 1. The van der Waals surface area contributed by atoms with Crippen LogP contribution in [0.4, 0.5) is 0 Å². The Bertz CT molecular complexity index is 1130. The molecule has 1 fully saturated rings. The van der Waals surface area contributed by atoms with E-state index in [2.05, 4.69) is 15.0 Å². The lowest BCUT2D eigenvalue weighted by Gasteiger charge is -2.15. The Balaban J connectivity index is 1.53. The fraction of sp³-hybridized carbons (Fsp3) is 0.333. The van der Waals surface area contributed by atoms with E-state index in [-0.39, 0.29) is 13.0 Å². The zero-order chi connectivity index (χ0) is 21.1. The molecule has 4 rings (SSSR count). The number of aliphatic hydroxyl groups excluding tert-OH is 2. The van der Waals surface area contributed by atoms with Gasteiger partial charge >= 0.3 is 5.69 Å². The maximum Gasteiger partial charge on any atom is 0.330 e. The van der Waals surface area contributed by atoms with E-state index in [0.717, 1.165) is 17.1 Å². The number of ether oxygens (including phenoxy) is 1. The van der Waals surface area contributed by atoms with E-state index < -0.39 is 29.7 Å². The van der Waals surface area contributed by atoms with Gasteiger partial charge < -0.3 is 14.9 Å². The molecule has 3 N–H and O–H groups in total. The van der Waals surface area contributed by atoms with Crippen LogP contribution in [0.2, 0.25) is 0 Å². The van der Waals surface area contributed by atoms with Crippen LogP contribution in [0.1, 0.15) is 23.9 Å². The fourth-order valence-corrected chi connectivity index (χ4v) is 3.51. The predicted molar refractivity (Wildman–Crippen MR) is 108 cm³/mol. The van der Waals surface area contributed by atoms with Crippen molar-refractivity contribution in [3.05, 3.63) is 80.9 Å². The summed E-state index contributed by atoms with van der Waals surface area (Å²) in [6, 6.07) is 11.2. The Kier molecular flexibility index (Phi) is 5.84. The lowest BCUT2D eigenvalue weighted by molar-refractivity contribution is -0.0460. The molecule has 3 aromatic rings. The van der Waals surface area contributed by atoms with Crippen molar-refractivity contribution >= 4 is 0 Å². The molecule has 0 aliphatic carbocycles. The molecule has 1 aliphatic rings. The van der Waals surface area contributed by atoms with Crippen molar-refractivity contribution < 1.29 is 14.9 Å². The molecule has 9 nitrogen and oxygen atoms in total.